The molecule has 144 valence electrons. The lowest BCUT2D eigenvalue weighted by atomic mass is 10.1. The molecule has 0 bridgehead atoms. The van der Waals surface area contributed by atoms with Crippen molar-refractivity contribution in [1.82, 2.24) is 10.2 Å². The summed E-state index contributed by atoms with van der Waals surface area (Å²) < 4.78 is 24.0. The molecule has 5 nitrogen and oxygen atoms in total. The molecule has 0 saturated carbocycles. The number of hydrogen-bond acceptors (Lipinski definition) is 6. The molecule has 4 rings (SSSR count). The molecule has 0 saturated heterocycles. The topological polar surface area (TPSA) is 65.2 Å². The van der Waals surface area contributed by atoms with E-state index in [0.29, 0.717) is 5.56 Å². The van der Waals surface area contributed by atoms with Gasteiger partial charge in [0.15, 0.2) is 6.10 Å². The largest absolute Gasteiger partial charge is 0.452 e. The van der Waals surface area contributed by atoms with Crippen LogP contribution in [0.3, 0.4) is 0 Å². The highest BCUT2D eigenvalue weighted by molar-refractivity contribution is 8.00. The monoisotopic (exact) mass is 398 g/mol. The molecule has 7 heteroatoms. The molecule has 0 amide bonds. The Bertz CT molecular complexity index is 988. The van der Waals surface area contributed by atoms with Crippen LogP contribution in [-0.2, 0) is 22.4 Å². The van der Waals surface area contributed by atoms with Crippen molar-refractivity contribution in [3.8, 4) is 11.5 Å². The molecule has 1 aliphatic rings. The number of aryl methyl sites for hydroxylation is 2. The third kappa shape index (κ3) is 4.25. The number of rotatable bonds is 6. The highest BCUT2D eigenvalue weighted by Gasteiger charge is 2.19. The molecule has 28 heavy (non-hydrogen) atoms. The summed E-state index contributed by atoms with van der Waals surface area (Å²) in [4.78, 5) is 13.2. The fraction of sp³-hybridized carbons (Fsp3) is 0.286. The number of aromatic nitrogens is 2. The number of thioether (sulfide) groups is 1. The number of halogens is 1. The number of carbonyl (C=O) groups excluding carboxylic acids is 1. The lowest BCUT2D eigenvalue weighted by Gasteiger charge is -2.09. The van der Waals surface area contributed by atoms with Crippen LogP contribution in [0, 0.1) is 5.82 Å². The van der Waals surface area contributed by atoms with Crippen LogP contribution in [-0.4, -0.2) is 21.9 Å². The van der Waals surface area contributed by atoms with E-state index in [1.807, 2.05) is 0 Å². The smallest absolute Gasteiger partial charge is 0.317 e. The summed E-state index contributed by atoms with van der Waals surface area (Å²) in [6.07, 6.45) is 2.80. The van der Waals surface area contributed by atoms with Crippen molar-refractivity contribution < 1.29 is 18.3 Å². The van der Waals surface area contributed by atoms with E-state index in [9.17, 15) is 9.18 Å². The molecule has 1 atom stereocenters. The van der Waals surface area contributed by atoms with Crippen LogP contribution in [0.15, 0.2) is 51.8 Å². The molecule has 1 aliphatic carbocycles. The van der Waals surface area contributed by atoms with E-state index in [2.05, 4.69) is 28.4 Å². The van der Waals surface area contributed by atoms with Crippen molar-refractivity contribution in [3.05, 3.63) is 65.3 Å². The minimum atomic E-state index is -0.658. The molecule has 0 radical (unpaired) electrons. The molecule has 3 aromatic rings. The fourth-order valence-corrected chi connectivity index (χ4v) is 3.91. The van der Waals surface area contributed by atoms with Crippen LogP contribution in [0.5, 0.6) is 0 Å². The second-order valence-electron chi connectivity index (χ2n) is 6.66. The van der Waals surface area contributed by atoms with Gasteiger partial charge in [0.25, 0.3) is 5.89 Å². The molecule has 0 fully saturated rings. The number of esters is 1. The third-order valence-electron chi connectivity index (χ3n) is 4.61. The maximum atomic E-state index is 13.0. The van der Waals surface area contributed by atoms with Gasteiger partial charge in [0.05, 0.1) is 5.75 Å². The predicted molar refractivity (Wildman–Crippen MR) is 103 cm³/mol. The first-order valence-electron chi connectivity index (χ1n) is 9.12. The molecule has 0 spiro atoms. The van der Waals surface area contributed by atoms with Gasteiger partial charge in [-0.3, -0.25) is 4.79 Å². The third-order valence-corrected chi connectivity index (χ3v) is 5.58. The Kier molecular flexibility index (Phi) is 5.43. The van der Waals surface area contributed by atoms with Gasteiger partial charge in [-0.05, 0) is 73.7 Å². The summed E-state index contributed by atoms with van der Waals surface area (Å²) in [6.45, 7) is 1.68. The van der Waals surface area contributed by atoms with Crippen molar-refractivity contribution in [1.29, 1.82) is 0 Å². The molecular formula is C21H19FN2O3S. The van der Waals surface area contributed by atoms with E-state index < -0.39 is 6.10 Å². The van der Waals surface area contributed by atoms with E-state index in [1.54, 1.807) is 19.1 Å². The highest BCUT2D eigenvalue weighted by Crippen LogP contribution is 2.28. The minimum absolute atomic E-state index is 0.204. The molecule has 1 aromatic heterocycles. The van der Waals surface area contributed by atoms with Crippen LogP contribution in [0.25, 0.3) is 11.5 Å². The zero-order valence-electron chi connectivity index (χ0n) is 15.4. The van der Waals surface area contributed by atoms with Crippen molar-refractivity contribution in [2.45, 2.75) is 37.2 Å². The van der Waals surface area contributed by atoms with Gasteiger partial charge in [0.2, 0.25) is 5.89 Å². The number of carbonyl (C=O) groups is 1. The van der Waals surface area contributed by atoms with Crippen molar-refractivity contribution in [2.75, 3.05) is 5.75 Å². The zero-order chi connectivity index (χ0) is 19.5. The standard InChI is InChI=1S/C21H19FN2O3S/c1-13(20-23-24-21(27-20)15-5-8-17(22)9-6-15)26-19(25)12-28-18-10-7-14-3-2-4-16(14)11-18/h5-11,13H,2-4,12H2,1H3/t13-/m0/s1. The van der Waals surface area contributed by atoms with Gasteiger partial charge in [0.1, 0.15) is 5.82 Å². The first-order valence-corrected chi connectivity index (χ1v) is 10.1. The maximum Gasteiger partial charge on any atom is 0.317 e. The Hall–Kier alpha value is -2.67. The quantitative estimate of drug-likeness (QED) is 0.441. The first kappa shape index (κ1) is 18.7. The van der Waals surface area contributed by atoms with Crippen molar-refractivity contribution in [2.24, 2.45) is 0 Å². The Labute approximate surface area is 166 Å². The Morgan fingerprint density at radius 1 is 1.18 bits per heavy atom. The first-order chi connectivity index (χ1) is 13.6. The van der Waals surface area contributed by atoms with Crippen LogP contribution in [0.4, 0.5) is 4.39 Å². The summed E-state index contributed by atoms with van der Waals surface area (Å²) >= 11 is 1.46. The van der Waals surface area contributed by atoms with Crippen LogP contribution in [0.1, 0.15) is 36.5 Å². The Morgan fingerprint density at radius 2 is 1.96 bits per heavy atom. The second kappa shape index (κ2) is 8.14. The van der Waals surface area contributed by atoms with E-state index in [4.69, 9.17) is 9.15 Å². The summed E-state index contributed by atoms with van der Waals surface area (Å²) in [5.41, 5.74) is 3.39. The summed E-state index contributed by atoms with van der Waals surface area (Å²) in [5, 5.41) is 7.87. The maximum absolute atomic E-state index is 13.0. The number of hydrogen-bond donors (Lipinski definition) is 0. The molecule has 1 heterocycles. The fourth-order valence-electron chi connectivity index (χ4n) is 3.17. The molecule has 0 N–H and O–H groups in total. The number of fused-ring (bicyclic) bond motifs is 1. The summed E-state index contributed by atoms with van der Waals surface area (Å²) in [6, 6.07) is 12.1. The summed E-state index contributed by atoms with van der Waals surface area (Å²) in [7, 11) is 0. The average Bonchev–Trinajstić information content (AvgIpc) is 3.36. The lowest BCUT2D eigenvalue weighted by Crippen LogP contribution is -2.11. The van der Waals surface area contributed by atoms with Gasteiger partial charge in [-0.2, -0.15) is 0 Å². The van der Waals surface area contributed by atoms with Crippen molar-refractivity contribution in [3.63, 3.8) is 0 Å². The molecule has 0 aliphatic heterocycles. The van der Waals surface area contributed by atoms with Crippen LogP contribution < -0.4 is 0 Å². The van der Waals surface area contributed by atoms with Gasteiger partial charge in [-0.25, -0.2) is 4.39 Å². The van der Waals surface area contributed by atoms with Gasteiger partial charge >= 0.3 is 5.97 Å². The number of benzene rings is 2. The number of ether oxygens (including phenoxy) is 1. The van der Waals surface area contributed by atoms with Gasteiger partial charge < -0.3 is 9.15 Å². The van der Waals surface area contributed by atoms with E-state index in [-0.39, 0.29) is 29.3 Å². The van der Waals surface area contributed by atoms with Crippen molar-refractivity contribution >= 4 is 17.7 Å². The van der Waals surface area contributed by atoms with E-state index >= 15 is 0 Å². The molecular weight excluding hydrogens is 379 g/mol. The van der Waals surface area contributed by atoms with Crippen LogP contribution >= 0.6 is 11.8 Å². The van der Waals surface area contributed by atoms with E-state index in [1.165, 1.54) is 41.4 Å². The highest BCUT2D eigenvalue weighted by atomic mass is 32.2. The summed E-state index contributed by atoms with van der Waals surface area (Å²) in [5.74, 6) is -0.0194. The zero-order valence-corrected chi connectivity index (χ0v) is 16.2. The lowest BCUT2D eigenvalue weighted by molar-refractivity contribution is -0.146. The Balaban J connectivity index is 1.32. The van der Waals surface area contributed by atoms with Crippen LogP contribution in [0.2, 0.25) is 0 Å². The van der Waals surface area contributed by atoms with Gasteiger partial charge in [0, 0.05) is 10.5 Å². The molecule has 2 aromatic carbocycles. The molecule has 0 unspecified atom stereocenters. The Morgan fingerprint density at radius 3 is 2.79 bits per heavy atom. The number of nitrogens with zero attached hydrogens (tertiary/aromatic N) is 2. The second-order valence-corrected chi connectivity index (χ2v) is 7.71. The normalized spacial score (nSPS) is 13.9. The van der Waals surface area contributed by atoms with Gasteiger partial charge in [-0.15, -0.1) is 22.0 Å². The minimum Gasteiger partial charge on any atom is -0.452 e. The predicted octanol–water partition coefficient (Wildman–Crippen LogP) is 4.76. The van der Waals surface area contributed by atoms with Gasteiger partial charge in [-0.1, -0.05) is 6.07 Å². The SMILES string of the molecule is C[C@H](OC(=O)CSc1ccc2c(c1)CCC2)c1nnc(-c2ccc(F)cc2)o1. The van der Waals surface area contributed by atoms with E-state index in [0.717, 1.165) is 17.7 Å². The average molecular weight is 398 g/mol.